The molecule has 122 valence electrons. The summed E-state index contributed by atoms with van der Waals surface area (Å²) in [6.07, 6.45) is 2.68. The maximum atomic E-state index is 12.3. The third kappa shape index (κ3) is 4.37. The van der Waals surface area contributed by atoms with Crippen molar-refractivity contribution in [1.29, 1.82) is 0 Å². The minimum Gasteiger partial charge on any atom is -0.405 e. The summed E-state index contributed by atoms with van der Waals surface area (Å²) < 4.78 is 22.1. The maximum Gasteiger partial charge on any atom is 0.532 e. The standard InChI is InChI=1S/C13H16Cl2NO5P/c1-19-16-13(8-2-3-9-13)12(17)21-22(15,18)20-11-6-4-10(14)5-7-11/h4-7,16H,2-3,8-9H2,1H3. The Labute approximate surface area is 138 Å². The zero-order valence-electron chi connectivity index (χ0n) is 11.9. The molecule has 1 aromatic carbocycles. The molecule has 1 N–H and O–H groups in total. The zero-order chi connectivity index (χ0) is 16.2. The third-order valence-corrected chi connectivity index (χ3v) is 4.84. The van der Waals surface area contributed by atoms with Gasteiger partial charge in [-0.1, -0.05) is 24.4 Å². The van der Waals surface area contributed by atoms with Gasteiger partial charge in [-0.25, -0.2) is 9.36 Å². The lowest BCUT2D eigenvalue weighted by Gasteiger charge is -2.27. The van der Waals surface area contributed by atoms with Crippen molar-refractivity contribution in [3.05, 3.63) is 29.3 Å². The van der Waals surface area contributed by atoms with E-state index in [0.717, 1.165) is 12.8 Å². The van der Waals surface area contributed by atoms with Gasteiger partial charge in [0.1, 0.15) is 11.3 Å². The Morgan fingerprint density at radius 2 is 1.86 bits per heavy atom. The summed E-state index contributed by atoms with van der Waals surface area (Å²) >= 11 is 11.5. The van der Waals surface area contributed by atoms with Gasteiger partial charge in [0.05, 0.1) is 7.11 Å². The van der Waals surface area contributed by atoms with Crippen LogP contribution in [0.4, 0.5) is 0 Å². The molecular weight excluding hydrogens is 352 g/mol. The van der Waals surface area contributed by atoms with E-state index in [2.05, 4.69) is 5.48 Å². The van der Waals surface area contributed by atoms with Crippen molar-refractivity contribution >= 4 is 35.8 Å². The van der Waals surface area contributed by atoms with Crippen LogP contribution in [0.1, 0.15) is 25.7 Å². The van der Waals surface area contributed by atoms with Crippen molar-refractivity contribution in [3.63, 3.8) is 0 Å². The van der Waals surface area contributed by atoms with Gasteiger partial charge in [0, 0.05) is 16.3 Å². The van der Waals surface area contributed by atoms with Gasteiger partial charge in [-0.05, 0) is 37.1 Å². The van der Waals surface area contributed by atoms with Gasteiger partial charge in [0.2, 0.25) is 0 Å². The lowest BCUT2D eigenvalue weighted by atomic mass is 10.00. The Hall–Kier alpha value is -0.780. The summed E-state index contributed by atoms with van der Waals surface area (Å²) in [7, 11) is 1.40. The highest BCUT2D eigenvalue weighted by Crippen LogP contribution is 2.54. The fourth-order valence-corrected chi connectivity index (χ4v) is 3.68. The van der Waals surface area contributed by atoms with Crippen LogP contribution in [0.25, 0.3) is 0 Å². The summed E-state index contributed by atoms with van der Waals surface area (Å²) in [5.41, 5.74) is 1.59. The predicted octanol–water partition coefficient (Wildman–Crippen LogP) is 4.07. The number of carbonyl (C=O) groups excluding carboxylic acids is 1. The molecule has 0 heterocycles. The molecule has 1 fully saturated rings. The van der Waals surface area contributed by atoms with Crippen molar-refractivity contribution < 1.29 is 23.2 Å². The molecule has 6 nitrogen and oxygen atoms in total. The number of nitrogens with one attached hydrogen (secondary N) is 1. The Bertz CT molecular complexity index is 574. The fourth-order valence-electron chi connectivity index (χ4n) is 2.35. The zero-order valence-corrected chi connectivity index (χ0v) is 14.3. The first-order valence-electron chi connectivity index (χ1n) is 6.66. The van der Waals surface area contributed by atoms with Crippen LogP contribution in [0, 0.1) is 0 Å². The van der Waals surface area contributed by atoms with Crippen molar-refractivity contribution in [2.75, 3.05) is 7.11 Å². The summed E-state index contributed by atoms with van der Waals surface area (Å²) in [6, 6.07) is 6.04. The average molecular weight is 368 g/mol. The molecule has 0 amide bonds. The van der Waals surface area contributed by atoms with Gasteiger partial charge >= 0.3 is 12.9 Å². The first-order valence-corrected chi connectivity index (χ1v) is 9.48. The number of benzene rings is 1. The van der Waals surface area contributed by atoms with Crippen LogP contribution in [0.5, 0.6) is 5.75 Å². The molecule has 22 heavy (non-hydrogen) atoms. The van der Waals surface area contributed by atoms with E-state index >= 15 is 0 Å². The number of hydrogen-bond acceptors (Lipinski definition) is 6. The van der Waals surface area contributed by atoms with E-state index in [9.17, 15) is 9.36 Å². The van der Waals surface area contributed by atoms with Crippen LogP contribution in [-0.4, -0.2) is 18.6 Å². The molecule has 0 bridgehead atoms. The molecule has 1 saturated carbocycles. The van der Waals surface area contributed by atoms with Crippen LogP contribution in [0.2, 0.25) is 5.02 Å². The average Bonchev–Trinajstić information content (AvgIpc) is 2.91. The Morgan fingerprint density at radius 3 is 2.41 bits per heavy atom. The van der Waals surface area contributed by atoms with Crippen LogP contribution >= 0.6 is 29.8 Å². The van der Waals surface area contributed by atoms with Gasteiger partial charge in [0.15, 0.2) is 0 Å². The highest BCUT2D eigenvalue weighted by Gasteiger charge is 2.46. The van der Waals surface area contributed by atoms with E-state index in [0.29, 0.717) is 17.9 Å². The van der Waals surface area contributed by atoms with Gasteiger partial charge in [0.25, 0.3) is 0 Å². The van der Waals surface area contributed by atoms with E-state index in [1.807, 2.05) is 0 Å². The molecule has 0 radical (unpaired) electrons. The van der Waals surface area contributed by atoms with Crippen LogP contribution < -0.4 is 10.0 Å². The molecule has 9 heteroatoms. The number of halogens is 2. The largest absolute Gasteiger partial charge is 0.532 e. The number of hydrogen-bond donors (Lipinski definition) is 1. The second-order valence-electron chi connectivity index (χ2n) is 4.95. The van der Waals surface area contributed by atoms with Crippen molar-refractivity contribution in [2.45, 2.75) is 31.2 Å². The molecule has 0 aliphatic heterocycles. The predicted molar refractivity (Wildman–Crippen MR) is 83.0 cm³/mol. The summed E-state index contributed by atoms with van der Waals surface area (Å²) in [6.45, 7) is -4.12. The Kier molecular flexibility index (Phi) is 5.75. The first kappa shape index (κ1) is 17.6. The van der Waals surface area contributed by atoms with Gasteiger partial charge in [-0.3, -0.25) is 0 Å². The molecular formula is C13H16Cl2NO5P. The quantitative estimate of drug-likeness (QED) is 0.603. The molecule has 0 spiro atoms. The van der Waals surface area contributed by atoms with E-state index in [1.54, 1.807) is 12.1 Å². The summed E-state index contributed by atoms with van der Waals surface area (Å²) in [4.78, 5) is 17.2. The number of rotatable bonds is 6. The van der Waals surface area contributed by atoms with Crippen LogP contribution in [0.3, 0.4) is 0 Å². The minimum absolute atomic E-state index is 0.190. The molecule has 0 saturated heterocycles. The minimum atomic E-state index is -4.12. The molecule has 0 aromatic heterocycles. The van der Waals surface area contributed by atoms with Crippen molar-refractivity contribution in [3.8, 4) is 5.75 Å². The van der Waals surface area contributed by atoms with E-state index in [-0.39, 0.29) is 5.75 Å². The van der Waals surface area contributed by atoms with Gasteiger partial charge < -0.3 is 13.9 Å². The second kappa shape index (κ2) is 7.20. The Balaban J connectivity index is 2.05. The molecule has 1 unspecified atom stereocenters. The van der Waals surface area contributed by atoms with Crippen LogP contribution in [0.15, 0.2) is 24.3 Å². The van der Waals surface area contributed by atoms with Crippen molar-refractivity contribution in [2.24, 2.45) is 0 Å². The van der Waals surface area contributed by atoms with E-state index in [1.165, 1.54) is 19.2 Å². The SMILES string of the molecule is CONC1(C(=O)OP(=O)(Cl)Oc2ccc(Cl)cc2)CCCC1. The third-order valence-electron chi connectivity index (χ3n) is 3.37. The Morgan fingerprint density at radius 1 is 1.27 bits per heavy atom. The normalized spacial score (nSPS) is 19.4. The molecule has 1 aromatic rings. The number of carbonyl (C=O) groups is 1. The highest BCUT2D eigenvalue weighted by atomic mass is 35.7. The van der Waals surface area contributed by atoms with E-state index < -0.39 is 18.5 Å². The smallest absolute Gasteiger partial charge is 0.405 e. The van der Waals surface area contributed by atoms with Crippen LogP contribution in [-0.2, 0) is 18.7 Å². The van der Waals surface area contributed by atoms with E-state index in [4.69, 9.17) is 36.7 Å². The molecule has 1 atom stereocenters. The highest BCUT2D eigenvalue weighted by molar-refractivity contribution is 7.82. The molecule has 1 aliphatic carbocycles. The lowest BCUT2D eigenvalue weighted by Crippen LogP contribution is -2.49. The van der Waals surface area contributed by atoms with Crippen molar-refractivity contribution in [1.82, 2.24) is 5.48 Å². The lowest BCUT2D eigenvalue weighted by molar-refractivity contribution is -0.148. The fraction of sp³-hybridized carbons (Fsp3) is 0.462. The second-order valence-corrected chi connectivity index (χ2v) is 7.85. The monoisotopic (exact) mass is 367 g/mol. The molecule has 1 aliphatic rings. The molecule has 2 rings (SSSR count). The van der Waals surface area contributed by atoms with Gasteiger partial charge in [-0.15, -0.1) is 0 Å². The van der Waals surface area contributed by atoms with Gasteiger partial charge in [-0.2, -0.15) is 5.48 Å². The topological polar surface area (TPSA) is 73.9 Å². The summed E-state index contributed by atoms with van der Waals surface area (Å²) in [5.74, 6) is -0.560. The summed E-state index contributed by atoms with van der Waals surface area (Å²) in [5, 5.41) is 0.489. The maximum absolute atomic E-state index is 12.3. The number of hydroxylamine groups is 1. The first-order chi connectivity index (χ1) is 10.4.